The van der Waals surface area contributed by atoms with Crippen LogP contribution in [0.15, 0.2) is 47.6 Å². The largest absolute Gasteiger partial charge is 0.494 e. The van der Waals surface area contributed by atoms with E-state index in [9.17, 15) is 4.79 Å². The first-order chi connectivity index (χ1) is 12.6. The van der Waals surface area contributed by atoms with Crippen molar-refractivity contribution >= 4 is 35.3 Å². The molecule has 0 aliphatic heterocycles. The summed E-state index contributed by atoms with van der Waals surface area (Å²) in [6.45, 7) is 2.93. The number of ether oxygens (including phenoxy) is 2. The lowest BCUT2D eigenvalue weighted by atomic mass is 10.2. The summed E-state index contributed by atoms with van der Waals surface area (Å²) in [7, 11) is 0. The van der Waals surface area contributed by atoms with E-state index in [2.05, 4.69) is 10.5 Å². The lowest BCUT2D eigenvalue weighted by Gasteiger charge is -2.07. The minimum atomic E-state index is -0.182. The molecular weight excluding hydrogens is 375 g/mol. The van der Waals surface area contributed by atoms with Gasteiger partial charge in [-0.3, -0.25) is 4.79 Å². The van der Waals surface area contributed by atoms with Crippen LogP contribution >= 0.6 is 23.2 Å². The SMILES string of the molecule is CCOc1ccc(C=NNC(=O)CCCOc2ccc(Cl)cc2Cl)cc1. The third-order valence-electron chi connectivity index (χ3n) is 3.29. The van der Waals surface area contributed by atoms with Crippen LogP contribution in [0.3, 0.4) is 0 Å². The van der Waals surface area contributed by atoms with Gasteiger partial charge in [-0.05, 0) is 61.4 Å². The van der Waals surface area contributed by atoms with Crippen LogP contribution in [-0.4, -0.2) is 25.3 Å². The number of carbonyl (C=O) groups excluding carboxylic acids is 1. The number of benzene rings is 2. The van der Waals surface area contributed by atoms with Crippen molar-refractivity contribution < 1.29 is 14.3 Å². The van der Waals surface area contributed by atoms with Crippen LogP contribution in [0.5, 0.6) is 11.5 Å². The van der Waals surface area contributed by atoms with Crippen LogP contribution < -0.4 is 14.9 Å². The van der Waals surface area contributed by atoms with Gasteiger partial charge in [0.05, 0.1) is 24.5 Å². The van der Waals surface area contributed by atoms with Crippen LogP contribution in [-0.2, 0) is 4.79 Å². The summed E-state index contributed by atoms with van der Waals surface area (Å²) in [6, 6.07) is 12.4. The number of hydrogen-bond donors (Lipinski definition) is 1. The second-order valence-corrected chi connectivity index (χ2v) is 6.17. The molecule has 7 heteroatoms. The zero-order chi connectivity index (χ0) is 18.8. The fraction of sp³-hybridized carbons (Fsp3) is 0.263. The van der Waals surface area contributed by atoms with Crippen molar-refractivity contribution in [2.24, 2.45) is 5.10 Å². The Labute approximate surface area is 162 Å². The van der Waals surface area contributed by atoms with Gasteiger partial charge in [-0.15, -0.1) is 0 Å². The van der Waals surface area contributed by atoms with Crippen molar-refractivity contribution in [1.82, 2.24) is 5.43 Å². The second kappa shape index (κ2) is 10.7. The quantitative estimate of drug-likeness (QED) is 0.380. The van der Waals surface area contributed by atoms with E-state index in [4.69, 9.17) is 32.7 Å². The average molecular weight is 395 g/mol. The molecule has 2 aromatic rings. The first-order valence-electron chi connectivity index (χ1n) is 8.21. The van der Waals surface area contributed by atoms with E-state index in [0.717, 1.165) is 11.3 Å². The number of hydrogen-bond acceptors (Lipinski definition) is 4. The van der Waals surface area contributed by atoms with Crippen LogP contribution in [0.25, 0.3) is 0 Å². The highest BCUT2D eigenvalue weighted by atomic mass is 35.5. The Bertz CT molecular complexity index is 749. The highest BCUT2D eigenvalue weighted by molar-refractivity contribution is 6.35. The van der Waals surface area contributed by atoms with E-state index in [0.29, 0.717) is 41.9 Å². The van der Waals surface area contributed by atoms with Gasteiger partial charge in [0.15, 0.2) is 0 Å². The van der Waals surface area contributed by atoms with Gasteiger partial charge in [0.2, 0.25) is 5.91 Å². The Morgan fingerprint density at radius 1 is 1.15 bits per heavy atom. The molecule has 0 aromatic heterocycles. The number of rotatable bonds is 9. The molecule has 2 rings (SSSR count). The van der Waals surface area contributed by atoms with E-state index < -0.39 is 0 Å². The predicted octanol–water partition coefficient (Wildman–Crippen LogP) is 4.70. The maximum atomic E-state index is 11.8. The summed E-state index contributed by atoms with van der Waals surface area (Å²) < 4.78 is 10.9. The molecule has 1 N–H and O–H groups in total. The van der Waals surface area contributed by atoms with Gasteiger partial charge in [-0.25, -0.2) is 5.43 Å². The minimum Gasteiger partial charge on any atom is -0.494 e. The Kier molecular flexibility index (Phi) is 8.25. The molecule has 2 aromatic carbocycles. The summed E-state index contributed by atoms with van der Waals surface area (Å²) in [5.74, 6) is 1.16. The second-order valence-electron chi connectivity index (χ2n) is 5.32. The Balaban J connectivity index is 1.66. The highest BCUT2D eigenvalue weighted by Crippen LogP contribution is 2.27. The third-order valence-corrected chi connectivity index (χ3v) is 3.82. The zero-order valence-electron chi connectivity index (χ0n) is 14.4. The van der Waals surface area contributed by atoms with Crippen molar-refractivity contribution in [1.29, 1.82) is 0 Å². The molecule has 0 bridgehead atoms. The Morgan fingerprint density at radius 3 is 2.62 bits per heavy atom. The topological polar surface area (TPSA) is 59.9 Å². The lowest BCUT2D eigenvalue weighted by Crippen LogP contribution is -2.18. The molecule has 0 aliphatic rings. The lowest BCUT2D eigenvalue weighted by molar-refractivity contribution is -0.121. The first kappa shape index (κ1) is 20.1. The van der Waals surface area contributed by atoms with Gasteiger partial charge in [0.1, 0.15) is 11.5 Å². The van der Waals surface area contributed by atoms with Gasteiger partial charge in [-0.2, -0.15) is 5.10 Å². The maximum Gasteiger partial charge on any atom is 0.240 e. The molecule has 26 heavy (non-hydrogen) atoms. The van der Waals surface area contributed by atoms with E-state index >= 15 is 0 Å². The molecule has 0 fully saturated rings. The fourth-order valence-corrected chi connectivity index (χ4v) is 2.52. The number of nitrogens with zero attached hydrogens (tertiary/aromatic N) is 1. The number of hydrazone groups is 1. The number of amides is 1. The van der Waals surface area contributed by atoms with Crippen molar-refractivity contribution in [2.45, 2.75) is 19.8 Å². The minimum absolute atomic E-state index is 0.182. The first-order valence-corrected chi connectivity index (χ1v) is 8.96. The van der Waals surface area contributed by atoms with E-state index in [1.165, 1.54) is 0 Å². The van der Waals surface area contributed by atoms with Gasteiger partial charge >= 0.3 is 0 Å². The van der Waals surface area contributed by atoms with Crippen LogP contribution in [0.4, 0.5) is 0 Å². The molecule has 138 valence electrons. The van der Waals surface area contributed by atoms with E-state index in [1.54, 1.807) is 24.4 Å². The standard InChI is InChI=1S/C19H20Cl2N2O3/c1-2-25-16-8-5-14(6-9-16)13-22-23-19(24)4-3-11-26-18-10-7-15(20)12-17(18)21/h5-10,12-13H,2-4,11H2,1H3,(H,23,24). The normalized spacial score (nSPS) is 10.7. The number of halogens is 2. The van der Waals surface area contributed by atoms with E-state index in [1.807, 2.05) is 31.2 Å². The monoisotopic (exact) mass is 394 g/mol. The number of nitrogens with one attached hydrogen (secondary N) is 1. The Hall–Kier alpha value is -2.24. The molecule has 0 heterocycles. The maximum absolute atomic E-state index is 11.8. The zero-order valence-corrected chi connectivity index (χ0v) is 15.9. The number of carbonyl (C=O) groups is 1. The van der Waals surface area contributed by atoms with Crippen molar-refractivity contribution in [2.75, 3.05) is 13.2 Å². The van der Waals surface area contributed by atoms with Gasteiger partial charge in [0, 0.05) is 11.4 Å². The Morgan fingerprint density at radius 2 is 1.92 bits per heavy atom. The third kappa shape index (κ3) is 6.94. The predicted molar refractivity (Wildman–Crippen MR) is 105 cm³/mol. The molecule has 1 amide bonds. The molecule has 0 unspecified atom stereocenters. The molecular formula is C19H20Cl2N2O3. The van der Waals surface area contributed by atoms with Crippen LogP contribution in [0.2, 0.25) is 10.0 Å². The van der Waals surface area contributed by atoms with Crippen LogP contribution in [0, 0.1) is 0 Å². The molecule has 0 saturated heterocycles. The molecule has 0 spiro atoms. The van der Waals surface area contributed by atoms with Gasteiger partial charge in [0.25, 0.3) is 0 Å². The smallest absolute Gasteiger partial charge is 0.240 e. The van der Waals surface area contributed by atoms with Gasteiger partial charge in [-0.1, -0.05) is 23.2 Å². The van der Waals surface area contributed by atoms with Crippen molar-refractivity contribution in [3.63, 3.8) is 0 Å². The van der Waals surface area contributed by atoms with Gasteiger partial charge < -0.3 is 9.47 Å². The van der Waals surface area contributed by atoms with Crippen molar-refractivity contribution in [3.05, 3.63) is 58.1 Å². The summed E-state index contributed by atoms with van der Waals surface area (Å²) in [4.78, 5) is 11.8. The molecule has 5 nitrogen and oxygen atoms in total. The summed E-state index contributed by atoms with van der Waals surface area (Å²) >= 11 is 11.8. The fourth-order valence-electron chi connectivity index (χ4n) is 2.06. The summed E-state index contributed by atoms with van der Waals surface area (Å²) in [6.07, 6.45) is 2.42. The highest BCUT2D eigenvalue weighted by Gasteiger charge is 2.04. The molecule has 0 aliphatic carbocycles. The summed E-state index contributed by atoms with van der Waals surface area (Å²) in [5, 5.41) is 4.93. The molecule has 0 atom stereocenters. The van der Waals surface area contributed by atoms with Crippen LogP contribution in [0.1, 0.15) is 25.3 Å². The molecule has 0 saturated carbocycles. The van der Waals surface area contributed by atoms with E-state index in [-0.39, 0.29) is 5.91 Å². The molecule has 0 radical (unpaired) electrons. The average Bonchev–Trinajstić information content (AvgIpc) is 2.62. The van der Waals surface area contributed by atoms with Crippen molar-refractivity contribution in [3.8, 4) is 11.5 Å². The summed E-state index contributed by atoms with van der Waals surface area (Å²) in [5.41, 5.74) is 3.36.